The lowest BCUT2D eigenvalue weighted by Crippen LogP contribution is -2.47. The molecule has 0 aromatic heterocycles. The Morgan fingerprint density at radius 3 is 2.22 bits per heavy atom. The number of halogens is 1. The molecule has 0 amide bonds. The molecule has 1 aromatic carbocycles. The molecule has 1 aliphatic heterocycles. The topological polar surface area (TPSA) is 24.9 Å². The number of anilines is 1. The highest BCUT2D eigenvalue weighted by Crippen LogP contribution is 2.53. The summed E-state index contributed by atoms with van der Waals surface area (Å²) in [5.41, 5.74) is 3.68. The molecule has 1 aromatic rings. The van der Waals surface area contributed by atoms with Gasteiger partial charge in [-0.25, -0.2) is 0 Å². The van der Waals surface area contributed by atoms with Gasteiger partial charge in [0, 0.05) is 39.0 Å². The molecule has 3 rings (SSSR count). The lowest BCUT2D eigenvalue weighted by molar-refractivity contribution is 0.0968. The van der Waals surface area contributed by atoms with E-state index in [9.17, 15) is 0 Å². The zero-order valence-electron chi connectivity index (χ0n) is 21.4. The first-order chi connectivity index (χ1) is 14.7. The molecule has 1 heterocycles. The maximum absolute atomic E-state index is 6.03. The van der Waals surface area contributed by atoms with Crippen LogP contribution in [0.5, 0.6) is 5.75 Å². The molecule has 1 saturated carbocycles. The van der Waals surface area contributed by atoms with Gasteiger partial charge in [-0.15, -0.1) is 12.4 Å². The van der Waals surface area contributed by atoms with E-state index in [1.807, 2.05) is 0 Å². The molecule has 2 aliphatic rings. The Bertz CT molecular complexity index is 683. The molecular weight excluding hydrogens is 420 g/mol. The molecule has 0 radical (unpaired) electrons. The fraction of sp³-hybridized carbons (Fsp3) is 0.778. The summed E-state index contributed by atoms with van der Waals surface area (Å²) in [6, 6.07) is 6.83. The highest BCUT2D eigenvalue weighted by Gasteiger charge is 2.40. The third-order valence-electron chi connectivity index (χ3n) is 7.09. The lowest BCUT2D eigenvalue weighted by atomic mass is 9.60. The summed E-state index contributed by atoms with van der Waals surface area (Å²) >= 11 is 0. The number of hydrogen-bond acceptors (Lipinski definition) is 4. The summed E-state index contributed by atoms with van der Waals surface area (Å²) < 4.78 is 11.2. The smallest absolute Gasteiger partial charge is 0.119 e. The number of methoxy groups -OCH3 is 1. The Morgan fingerprint density at radius 1 is 0.969 bits per heavy atom. The third kappa shape index (κ3) is 7.53. The van der Waals surface area contributed by atoms with Crippen LogP contribution >= 0.6 is 12.4 Å². The van der Waals surface area contributed by atoms with Gasteiger partial charge in [-0.3, -0.25) is 4.90 Å². The number of ether oxygens (including phenoxy) is 2. The third-order valence-corrected chi connectivity index (χ3v) is 7.09. The molecule has 1 aliphatic carbocycles. The van der Waals surface area contributed by atoms with Gasteiger partial charge in [0.2, 0.25) is 0 Å². The Hall–Kier alpha value is -0.970. The molecule has 0 bridgehead atoms. The van der Waals surface area contributed by atoms with Gasteiger partial charge in [-0.05, 0) is 72.7 Å². The average Bonchev–Trinajstić information content (AvgIpc) is 2.70. The summed E-state index contributed by atoms with van der Waals surface area (Å²) in [7, 11) is 1.73. The molecule has 4 nitrogen and oxygen atoms in total. The zero-order chi connectivity index (χ0) is 22.5. The Kier molecular flexibility index (Phi) is 10.2. The Balaban J connectivity index is 0.00000363. The minimum atomic E-state index is 0. The summed E-state index contributed by atoms with van der Waals surface area (Å²) in [4.78, 5) is 5.26. The summed E-state index contributed by atoms with van der Waals surface area (Å²) in [6.07, 6.45) is 6.39. The molecule has 184 valence electrons. The van der Waals surface area contributed by atoms with Crippen LogP contribution in [-0.2, 0) is 4.74 Å². The van der Waals surface area contributed by atoms with E-state index in [-0.39, 0.29) is 12.4 Å². The second kappa shape index (κ2) is 11.9. The lowest BCUT2D eigenvalue weighted by Gasteiger charge is -2.46. The van der Waals surface area contributed by atoms with Crippen molar-refractivity contribution in [3.63, 3.8) is 0 Å². The molecule has 5 heteroatoms. The van der Waals surface area contributed by atoms with Crippen LogP contribution < -0.4 is 9.64 Å². The van der Waals surface area contributed by atoms with Crippen molar-refractivity contribution in [1.29, 1.82) is 0 Å². The number of nitrogens with zero attached hydrogens (tertiary/aromatic N) is 2. The van der Waals surface area contributed by atoms with Crippen molar-refractivity contribution in [2.24, 2.45) is 10.8 Å². The first kappa shape index (κ1) is 27.3. The van der Waals surface area contributed by atoms with Crippen molar-refractivity contribution in [2.45, 2.75) is 72.6 Å². The summed E-state index contributed by atoms with van der Waals surface area (Å²) in [5, 5.41) is 0. The summed E-state index contributed by atoms with van der Waals surface area (Å²) in [5.74, 6) is 1.57. The van der Waals surface area contributed by atoms with Crippen LogP contribution in [0, 0.1) is 10.8 Å². The van der Waals surface area contributed by atoms with Crippen LogP contribution in [0.25, 0.3) is 0 Å². The van der Waals surface area contributed by atoms with Gasteiger partial charge in [-0.2, -0.15) is 0 Å². The molecule has 1 saturated heterocycles. The van der Waals surface area contributed by atoms with E-state index in [2.05, 4.69) is 62.6 Å². The first-order valence-electron chi connectivity index (χ1n) is 12.5. The second-order valence-electron chi connectivity index (χ2n) is 11.4. The maximum atomic E-state index is 6.03. The van der Waals surface area contributed by atoms with Gasteiger partial charge in [0.05, 0.1) is 6.61 Å². The maximum Gasteiger partial charge on any atom is 0.119 e. The van der Waals surface area contributed by atoms with Gasteiger partial charge in [0.1, 0.15) is 12.4 Å². The van der Waals surface area contributed by atoms with Crippen molar-refractivity contribution in [1.82, 2.24) is 4.90 Å². The van der Waals surface area contributed by atoms with Crippen molar-refractivity contribution in [3.05, 3.63) is 23.8 Å². The van der Waals surface area contributed by atoms with Crippen molar-refractivity contribution >= 4 is 18.1 Å². The Morgan fingerprint density at radius 2 is 1.62 bits per heavy atom. The zero-order valence-corrected chi connectivity index (χ0v) is 22.2. The minimum Gasteiger partial charge on any atom is -0.491 e. The number of piperazine rings is 1. The molecule has 0 atom stereocenters. The van der Waals surface area contributed by atoms with E-state index < -0.39 is 0 Å². The van der Waals surface area contributed by atoms with Gasteiger partial charge in [0.15, 0.2) is 0 Å². The van der Waals surface area contributed by atoms with E-state index >= 15 is 0 Å². The second-order valence-corrected chi connectivity index (χ2v) is 11.4. The van der Waals surface area contributed by atoms with Crippen LogP contribution in [-0.4, -0.2) is 57.9 Å². The van der Waals surface area contributed by atoms with Crippen molar-refractivity contribution in [3.8, 4) is 5.75 Å². The Labute approximate surface area is 203 Å². The van der Waals surface area contributed by atoms with Crippen LogP contribution in [0.3, 0.4) is 0 Å². The highest BCUT2D eigenvalue weighted by atomic mass is 35.5. The monoisotopic (exact) mass is 466 g/mol. The quantitative estimate of drug-likeness (QED) is 0.394. The predicted octanol–water partition coefficient (Wildman–Crippen LogP) is 6.38. The molecule has 2 fully saturated rings. The van der Waals surface area contributed by atoms with Crippen LogP contribution in [0.4, 0.5) is 5.69 Å². The fourth-order valence-corrected chi connectivity index (χ4v) is 6.14. The van der Waals surface area contributed by atoms with E-state index in [0.717, 1.165) is 18.8 Å². The highest BCUT2D eigenvalue weighted by molar-refractivity contribution is 5.85. The summed E-state index contributed by atoms with van der Waals surface area (Å²) in [6.45, 7) is 19.2. The number of unbranched alkanes of at least 4 members (excludes halogenated alkanes) is 1. The van der Waals surface area contributed by atoms with E-state index in [1.165, 1.54) is 63.0 Å². The van der Waals surface area contributed by atoms with Crippen molar-refractivity contribution < 1.29 is 9.47 Å². The number of hydrogen-bond donors (Lipinski definition) is 0. The van der Waals surface area contributed by atoms with Crippen LogP contribution in [0.2, 0.25) is 0 Å². The first-order valence-corrected chi connectivity index (χ1v) is 12.5. The van der Waals surface area contributed by atoms with Crippen LogP contribution in [0.1, 0.15) is 78.2 Å². The average molecular weight is 467 g/mol. The van der Waals surface area contributed by atoms with E-state index in [4.69, 9.17) is 9.47 Å². The number of benzene rings is 1. The molecule has 0 spiro atoms. The number of rotatable bonds is 9. The predicted molar refractivity (Wildman–Crippen MR) is 139 cm³/mol. The standard InChI is InChI=1S/C27H46N2O2.ClH/c1-7-8-11-28-12-14-29(15-13-28)25-10-9-23(31-17-16-30-6)18-24(25)22-19-26(2,3)21-27(4,5)20-22;/h9-10,18,22H,7-8,11-17,19-21H2,1-6H3;1H. The minimum absolute atomic E-state index is 0. The van der Waals surface area contributed by atoms with Gasteiger partial charge < -0.3 is 14.4 Å². The largest absolute Gasteiger partial charge is 0.491 e. The van der Waals surface area contributed by atoms with E-state index in [1.54, 1.807) is 7.11 Å². The molecular formula is C27H47ClN2O2. The normalized spacial score (nSPS) is 21.2. The fourth-order valence-electron chi connectivity index (χ4n) is 6.14. The van der Waals surface area contributed by atoms with Crippen molar-refractivity contribution in [2.75, 3.05) is 57.9 Å². The SMILES string of the molecule is CCCCN1CCN(c2ccc(OCCOC)cc2C2CC(C)(C)CC(C)(C)C2)CC1.Cl. The van der Waals surface area contributed by atoms with Gasteiger partial charge >= 0.3 is 0 Å². The molecule has 0 unspecified atom stereocenters. The van der Waals surface area contributed by atoms with E-state index in [0.29, 0.717) is 30.0 Å². The van der Waals surface area contributed by atoms with Crippen LogP contribution in [0.15, 0.2) is 18.2 Å². The van der Waals surface area contributed by atoms with Gasteiger partial charge in [0.25, 0.3) is 0 Å². The molecule has 0 N–H and O–H groups in total. The van der Waals surface area contributed by atoms with Gasteiger partial charge in [-0.1, -0.05) is 41.0 Å². The molecule has 32 heavy (non-hydrogen) atoms.